The number of urea groups is 1. The van der Waals surface area contributed by atoms with Crippen LogP contribution >= 0.6 is 11.8 Å². The Morgan fingerprint density at radius 3 is 2.76 bits per heavy atom. The molecular weight excluding hydrogens is 240 g/mol. The van der Waals surface area contributed by atoms with E-state index in [1.807, 2.05) is 6.92 Å². The van der Waals surface area contributed by atoms with Crippen molar-refractivity contribution in [3.8, 4) is 0 Å². The van der Waals surface area contributed by atoms with Crippen molar-refractivity contribution in [2.45, 2.75) is 44.1 Å². The number of carboxylic acid groups (broad SMARTS) is 1. The van der Waals surface area contributed by atoms with E-state index in [4.69, 9.17) is 5.11 Å². The molecule has 2 N–H and O–H groups in total. The number of thioether (sulfide) groups is 1. The summed E-state index contributed by atoms with van der Waals surface area (Å²) in [6.45, 7) is 3.97. The first-order chi connectivity index (χ1) is 8.04. The van der Waals surface area contributed by atoms with Gasteiger partial charge in [-0.1, -0.05) is 13.3 Å². The van der Waals surface area contributed by atoms with Gasteiger partial charge < -0.3 is 10.4 Å². The molecule has 6 heteroatoms. The van der Waals surface area contributed by atoms with E-state index in [0.29, 0.717) is 11.7 Å². The van der Waals surface area contributed by atoms with Crippen LogP contribution in [0.2, 0.25) is 0 Å². The second-order valence-corrected chi connectivity index (χ2v) is 6.00. The third-order valence-corrected chi connectivity index (χ3v) is 4.72. The molecule has 5 nitrogen and oxygen atoms in total. The van der Waals surface area contributed by atoms with Crippen LogP contribution in [-0.2, 0) is 4.79 Å². The molecule has 2 amide bonds. The number of carbonyl (C=O) groups is 2. The molecule has 96 valence electrons. The third kappa shape index (κ3) is 2.51. The Bertz CT molecular complexity index is 337. The van der Waals surface area contributed by atoms with E-state index in [2.05, 4.69) is 12.2 Å². The largest absolute Gasteiger partial charge is 0.480 e. The predicted molar refractivity (Wildman–Crippen MR) is 65.9 cm³/mol. The van der Waals surface area contributed by atoms with Crippen molar-refractivity contribution < 1.29 is 14.7 Å². The maximum absolute atomic E-state index is 12.0. The first kappa shape index (κ1) is 12.5. The van der Waals surface area contributed by atoms with Crippen molar-refractivity contribution in [1.82, 2.24) is 10.2 Å². The lowest BCUT2D eigenvalue weighted by Crippen LogP contribution is -2.50. The van der Waals surface area contributed by atoms with E-state index >= 15 is 0 Å². The van der Waals surface area contributed by atoms with Gasteiger partial charge in [0.1, 0.15) is 6.04 Å². The molecule has 2 aliphatic rings. The van der Waals surface area contributed by atoms with Gasteiger partial charge in [-0.05, 0) is 19.3 Å². The summed E-state index contributed by atoms with van der Waals surface area (Å²) in [4.78, 5) is 24.5. The van der Waals surface area contributed by atoms with Crippen LogP contribution in [0.4, 0.5) is 4.79 Å². The summed E-state index contributed by atoms with van der Waals surface area (Å²) in [5, 5.41) is 11.9. The lowest BCUT2D eigenvalue weighted by Gasteiger charge is -2.25. The molecule has 2 rings (SSSR count). The molecule has 2 fully saturated rings. The van der Waals surface area contributed by atoms with Crippen LogP contribution in [0, 0.1) is 5.92 Å². The smallest absolute Gasteiger partial charge is 0.327 e. The fraction of sp³-hybridized carbons (Fsp3) is 0.818. The van der Waals surface area contributed by atoms with Crippen LogP contribution in [0.25, 0.3) is 0 Å². The van der Waals surface area contributed by atoms with Crippen LogP contribution in [0.3, 0.4) is 0 Å². The Labute approximate surface area is 105 Å². The third-order valence-electron chi connectivity index (χ3n) is 3.50. The Morgan fingerprint density at radius 2 is 2.24 bits per heavy atom. The van der Waals surface area contributed by atoms with Crippen LogP contribution in [0.15, 0.2) is 0 Å². The van der Waals surface area contributed by atoms with Gasteiger partial charge in [0.25, 0.3) is 0 Å². The van der Waals surface area contributed by atoms with E-state index < -0.39 is 12.0 Å². The Hall–Kier alpha value is -0.910. The van der Waals surface area contributed by atoms with E-state index in [-0.39, 0.29) is 17.4 Å². The predicted octanol–water partition coefficient (Wildman–Crippen LogP) is 1.34. The minimum absolute atomic E-state index is 0.0603. The molecule has 0 bridgehead atoms. The van der Waals surface area contributed by atoms with Crippen LogP contribution in [0.5, 0.6) is 0 Å². The van der Waals surface area contributed by atoms with Gasteiger partial charge in [-0.25, -0.2) is 9.59 Å². The summed E-state index contributed by atoms with van der Waals surface area (Å²) in [6, 6.07) is -0.663. The van der Waals surface area contributed by atoms with Crippen molar-refractivity contribution in [2.75, 3.05) is 5.75 Å². The Kier molecular flexibility index (Phi) is 3.51. The van der Waals surface area contributed by atoms with Crippen molar-refractivity contribution in [3.05, 3.63) is 0 Å². The second-order valence-electron chi connectivity index (χ2n) is 4.65. The van der Waals surface area contributed by atoms with Gasteiger partial charge in [-0.3, -0.25) is 4.90 Å². The van der Waals surface area contributed by atoms with Gasteiger partial charge in [0.15, 0.2) is 0 Å². The summed E-state index contributed by atoms with van der Waals surface area (Å²) < 4.78 is 0. The summed E-state index contributed by atoms with van der Waals surface area (Å²) >= 11 is 1.51. The zero-order valence-corrected chi connectivity index (χ0v) is 10.9. The number of hydrogen-bond acceptors (Lipinski definition) is 3. The fourth-order valence-corrected chi connectivity index (χ4v) is 3.42. The van der Waals surface area contributed by atoms with Crippen LogP contribution < -0.4 is 5.32 Å². The average molecular weight is 258 g/mol. The number of carboxylic acids is 1. The lowest BCUT2D eigenvalue weighted by atomic mass is 10.3. The molecule has 4 atom stereocenters. The number of amides is 2. The molecule has 0 aromatic heterocycles. The number of aliphatic carboxylic acids is 1. The molecule has 1 saturated carbocycles. The summed E-state index contributed by atoms with van der Waals surface area (Å²) in [5.41, 5.74) is 0. The standard InChI is InChI=1S/C11H18N2O3S/c1-3-7-4-8(7)12-11(16)13-6(2)17-5-9(13)10(14)15/h6-9H,3-5H2,1-2H3,(H,12,16)(H,14,15). The fourth-order valence-electron chi connectivity index (χ4n) is 2.25. The number of hydrogen-bond donors (Lipinski definition) is 2. The first-order valence-electron chi connectivity index (χ1n) is 5.97. The molecule has 17 heavy (non-hydrogen) atoms. The molecule has 4 unspecified atom stereocenters. The van der Waals surface area contributed by atoms with Crippen LogP contribution in [0.1, 0.15) is 26.7 Å². The molecular formula is C11H18N2O3S. The molecule has 1 saturated heterocycles. The minimum Gasteiger partial charge on any atom is -0.480 e. The highest BCUT2D eigenvalue weighted by Crippen LogP contribution is 2.34. The quantitative estimate of drug-likeness (QED) is 0.801. The Balaban J connectivity index is 1.95. The molecule has 0 radical (unpaired) electrons. The van der Waals surface area contributed by atoms with E-state index in [1.165, 1.54) is 16.7 Å². The normalized spacial score (nSPS) is 35.8. The van der Waals surface area contributed by atoms with Gasteiger partial charge in [0, 0.05) is 11.8 Å². The van der Waals surface area contributed by atoms with E-state index in [0.717, 1.165) is 12.8 Å². The van der Waals surface area contributed by atoms with Crippen molar-refractivity contribution in [3.63, 3.8) is 0 Å². The van der Waals surface area contributed by atoms with Gasteiger partial charge >= 0.3 is 12.0 Å². The van der Waals surface area contributed by atoms with Gasteiger partial charge in [-0.2, -0.15) is 0 Å². The summed E-state index contributed by atoms with van der Waals surface area (Å²) in [7, 11) is 0. The maximum atomic E-state index is 12.0. The second kappa shape index (κ2) is 4.76. The monoisotopic (exact) mass is 258 g/mol. The van der Waals surface area contributed by atoms with E-state index in [9.17, 15) is 9.59 Å². The van der Waals surface area contributed by atoms with Crippen LogP contribution in [-0.4, -0.2) is 45.2 Å². The minimum atomic E-state index is -0.917. The number of carbonyl (C=O) groups excluding carboxylic acids is 1. The number of nitrogens with one attached hydrogen (secondary N) is 1. The number of rotatable bonds is 3. The van der Waals surface area contributed by atoms with Gasteiger partial charge in [-0.15, -0.1) is 11.8 Å². The first-order valence-corrected chi connectivity index (χ1v) is 7.02. The lowest BCUT2D eigenvalue weighted by molar-refractivity contribution is -0.141. The molecule has 0 spiro atoms. The van der Waals surface area contributed by atoms with E-state index in [1.54, 1.807) is 0 Å². The summed E-state index contributed by atoms with van der Waals surface area (Å²) in [5.74, 6) is 0.138. The highest BCUT2D eigenvalue weighted by molar-refractivity contribution is 8.00. The topological polar surface area (TPSA) is 69.6 Å². The molecule has 1 heterocycles. The zero-order valence-electron chi connectivity index (χ0n) is 10.0. The molecule has 1 aliphatic carbocycles. The highest BCUT2D eigenvalue weighted by Gasteiger charge is 2.43. The van der Waals surface area contributed by atoms with Crippen molar-refractivity contribution >= 4 is 23.8 Å². The van der Waals surface area contributed by atoms with Crippen molar-refractivity contribution in [1.29, 1.82) is 0 Å². The molecule has 1 aliphatic heterocycles. The molecule has 0 aromatic rings. The zero-order chi connectivity index (χ0) is 12.6. The van der Waals surface area contributed by atoms with Crippen molar-refractivity contribution in [2.24, 2.45) is 5.92 Å². The SMILES string of the molecule is CCC1CC1NC(=O)N1C(C)SCC1C(=O)O. The van der Waals surface area contributed by atoms with Gasteiger partial charge in [0.05, 0.1) is 5.37 Å². The summed E-state index contributed by atoms with van der Waals surface area (Å²) in [6.07, 6.45) is 2.09. The Morgan fingerprint density at radius 1 is 1.53 bits per heavy atom. The number of nitrogens with zero attached hydrogens (tertiary/aromatic N) is 1. The van der Waals surface area contributed by atoms with Gasteiger partial charge in [0.2, 0.25) is 0 Å². The highest BCUT2D eigenvalue weighted by atomic mass is 32.2. The average Bonchev–Trinajstić information content (AvgIpc) is 2.89. The maximum Gasteiger partial charge on any atom is 0.327 e. The molecule has 0 aromatic carbocycles.